The molecule has 0 amide bonds. The summed E-state index contributed by atoms with van der Waals surface area (Å²) in [6.45, 7) is 0. The molecule has 12 heavy (non-hydrogen) atoms. The molecule has 1 N–H and O–H groups in total. The van der Waals surface area contributed by atoms with Crippen molar-refractivity contribution in [3.63, 3.8) is 0 Å². The number of hydrogen-bond donors (Lipinski definition) is 1. The normalized spacial score (nSPS) is 9.83. The van der Waals surface area contributed by atoms with Gasteiger partial charge in [0.1, 0.15) is 3.57 Å². The molecule has 1 aromatic carbocycles. The Balaban J connectivity index is 3.43. The standard InChI is InChI=1S/C6H3ClINO3/c7-3-1-2-4(10)6(5(3)8)9(11)12/h1-2,10H. The van der Waals surface area contributed by atoms with Crippen LogP contribution in [0.3, 0.4) is 0 Å². The smallest absolute Gasteiger partial charge is 0.325 e. The van der Waals surface area contributed by atoms with Gasteiger partial charge in [0.2, 0.25) is 0 Å². The molecule has 0 spiro atoms. The molecule has 0 aliphatic rings. The van der Waals surface area contributed by atoms with Crippen LogP contribution in [0, 0.1) is 13.7 Å². The molecule has 0 fully saturated rings. The zero-order chi connectivity index (χ0) is 9.30. The number of halogens is 2. The number of phenolic OH excluding ortho intramolecular Hbond substituents is 1. The molecule has 4 nitrogen and oxygen atoms in total. The first-order chi connectivity index (χ1) is 5.54. The third-order valence-corrected chi connectivity index (χ3v) is 2.96. The van der Waals surface area contributed by atoms with Gasteiger partial charge in [-0.1, -0.05) is 11.6 Å². The summed E-state index contributed by atoms with van der Waals surface area (Å²) < 4.78 is 0.249. The SMILES string of the molecule is O=[N+]([O-])c1c(O)ccc(Cl)c1I. The Kier molecular flexibility index (Phi) is 2.73. The first kappa shape index (κ1) is 9.53. The number of nitro benzene ring substituents is 1. The molecule has 0 aromatic heterocycles. The highest BCUT2D eigenvalue weighted by atomic mass is 127. The van der Waals surface area contributed by atoms with Crippen LogP contribution in [0.1, 0.15) is 0 Å². The van der Waals surface area contributed by atoms with E-state index in [-0.39, 0.29) is 20.0 Å². The summed E-state index contributed by atoms with van der Waals surface area (Å²) in [6.07, 6.45) is 0. The predicted octanol–water partition coefficient (Wildman–Crippen LogP) is 2.56. The van der Waals surface area contributed by atoms with Crippen molar-refractivity contribution in [3.8, 4) is 5.75 Å². The van der Waals surface area contributed by atoms with E-state index >= 15 is 0 Å². The van der Waals surface area contributed by atoms with Crippen LogP contribution >= 0.6 is 34.2 Å². The second-order valence-corrected chi connectivity index (χ2v) is 3.47. The molecule has 0 atom stereocenters. The minimum Gasteiger partial charge on any atom is -0.502 e. The van der Waals surface area contributed by atoms with E-state index in [1.54, 1.807) is 22.6 Å². The lowest BCUT2D eigenvalue weighted by atomic mass is 10.3. The third kappa shape index (κ3) is 1.61. The average molecular weight is 299 g/mol. The quantitative estimate of drug-likeness (QED) is 0.492. The molecule has 1 rings (SSSR count). The summed E-state index contributed by atoms with van der Waals surface area (Å²) >= 11 is 7.32. The monoisotopic (exact) mass is 299 g/mol. The van der Waals surface area contributed by atoms with E-state index in [0.717, 1.165) is 0 Å². The first-order valence-corrected chi connectivity index (χ1v) is 4.31. The van der Waals surface area contributed by atoms with Gasteiger partial charge in [-0.3, -0.25) is 10.1 Å². The van der Waals surface area contributed by atoms with Gasteiger partial charge in [-0.2, -0.15) is 0 Å². The highest BCUT2D eigenvalue weighted by Gasteiger charge is 2.19. The highest BCUT2D eigenvalue weighted by molar-refractivity contribution is 14.1. The van der Waals surface area contributed by atoms with Crippen LogP contribution in [-0.4, -0.2) is 10.0 Å². The van der Waals surface area contributed by atoms with E-state index in [2.05, 4.69) is 0 Å². The Bertz CT molecular complexity index is 342. The Labute approximate surface area is 86.4 Å². The summed E-state index contributed by atoms with van der Waals surface area (Å²) in [5.74, 6) is -0.367. The number of rotatable bonds is 1. The lowest BCUT2D eigenvalue weighted by molar-refractivity contribution is -0.386. The van der Waals surface area contributed by atoms with E-state index in [1.807, 2.05) is 0 Å². The topological polar surface area (TPSA) is 63.4 Å². The van der Waals surface area contributed by atoms with Gasteiger partial charge < -0.3 is 5.11 Å². The summed E-state index contributed by atoms with van der Waals surface area (Å²) in [5.41, 5.74) is -0.344. The molecule has 0 aliphatic carbocycles. The number of phenols is 1. The lowest BCUT2D eigenvalue weighted by Gasteiger charge is -1.99. The van der Waals surface area contributed by atoms with Gasteiger partial charge in [0.25, 0.3) is 0 Å². The average Bonchev–Trinajstić information content (AvgIpc) is 1.97. The minimum atomic E-state index is -0.664. The minimum absolute atomic E-state index is 0.249. The van der Waals surface area contributed by atoms with E-state index < -0.39 is 4.92 Å². The molecule has 0 unspecified atom stereocenters. The van der Waals surface area contributed by atoms with Crippen LogP contribution in [0.25, 0.3) is 0 Å². The van der Waals surface area contributed by atoms with Gasteiger partial charge in [0, 0.05) is 0 Å². The number of hydrogen-bond acceptors (Lipinski definition) is 3. The molecule has 0 bridgehead atoms. The Morgan fingerprint density at radius 3 is 2.58 bits per heavy atom. The first-order valence-electron chi connectivity index (χ1n) is 2.85. The molecular weight excluding hydrogens is 296 g/mol. The van der Waals surface area contributed by atoms with Crippen LogP contribution in [0.15, 0.2) is 12.1 Å². The van der Waals surface area contributed by atoms with E-state index in [4.69, 9.17) is 16.7 Å². The Morgan fingerprint density at radius 2 is 2.17 bits per heavy atom. The third-order valence-electron chi connectivity index (χ3n) is 1.23. The summed E-state index contributed by atoms with van der Waals surface area (Å²) in [4.78, 5) is 9.71. The van der Waals surface area contributed by atoms with Crippen LogP contribution in [0.5, 0.6) is 5.75 Å². The Morgan fingerprint density at radius 1 is 1.58 bits per heavy atom. The second-order valence-electron chi connectivity index (χ2n) is 1.99. The fourth-order valence-electron chi connectivity index (χ4n) is 0.703. The highest BCUT2D eigenvalue weighted by Crippen LogP contribution is 2.35. The van der Waals surface area contributed by atoms with Crippen molar-refractivity contribution in [1.29, 1.82) is 0 Å². The van der Waals surface area contributed by atoms with Crippen molar-refractivity contribution < 1.29 is 10.0 Å². The maximum absolute atomic E-state index is 10.4. The van der Waals surface area contributed by atoms with Gasteiger partial charge in [-0.25, -0.2) is 0 Å². The van der Waals surface area contributed by atoms with Crippen LogP contribution < -0.4 is 0 Å². The van der Waals surface area contributed by atoms with Gasteiger partial charge >= 0.3 is 5.69 Å². The molecule has 0 radical (unpaired) electrons. The molecule has 64 valence electrons. The van der Waals surface area contributed by atoms with Crippen molar-refractivity contribution >= 4 is 39.9 Å². The number of nitrogens with zero attached hydrogens (tertiary/aromatic N) is 1. The van der Waals surface area contributed by atoms with Crippen LogP contribution in [-0.2, 0) is 0 Å². The van der Waals surface area contributed by atoms with Gasteiger partial charge in [-0.15, -0.1) is 0 Å². The van der Waals surface area contributed by atoms with E-state index in [0.29, 0.717) is 0 Å². The zero-order valence-electron chi connectivity index (χ0n) is 5.62. The maximum atomic E-state index is 10.4. The molecular formula is C6H3ClINO3. The molecule has 1 aromatic rings. The van der Waals surface area contributed by atoms with Crippen molar-refractivity contribution in [2.75, 3.05) is 0 Å². The molecule has 6 heteroatoms. The van der Waals surface area contributed by atoms with Crippen molar-refractivity contribution in [2.45, 2.75) is 0 Å². The molecule has 0 heterocycles. The number of nitro groups is 1. The summed E-state index contributed by atoms with van der Waals surface area (Å²) in [5, 5.41) is 19.7. The Hall–Kier alpha value is -0.560. The predicted molar refractivity (Wildman–Crippen MR) is 52.5 cm³/mol. The van der Waals surface area contributed by atoms with Crippen molar-refractivity contribution in [3.05, 3.63) is 30.8 Å². The van der Waals surface area contributed by atoms with Gasteiger partial charge in [0.15, 0.2) is 5.75 Å². The molecule has 0 saturated heterocycles. The zero-order valence-corrected chi connectivity index (χ0v) is 8.53. The van der Waals surface area contributed by atoms with Crippen molar-refractivity contribution in [2.24, 2.45) is 0 Å². The van der Waals surface area contributed by atoms with Crippen molar-refractivity contribution in [1.82, 2.24) is 0 Å². The second kappa shape index (κ2) is 3.44. The molecule has 0 saturated carbocycles. The van der Waals surface area contributed by atoms with Gasteiger partial charge in [0.05, 0.1) is 9.95 Å². The van der Waals surface area contributed by atoms with E-state index in [1.165, 1.54) is 12.1 Å². The van der Waals surface area contributed by atoms with Crippen LogP contribution in [0.2, 0.25) is 5.02 Å². The summed E-state index contributed by atoms with van der Waals surface area (Å²) in [7, 11) is 0. The van der Waals surface area contributed by atoms with E-state index in [9.17, 15) is 10.1 Å². The fourth-order valence-corrected chi connectivity index (χ4v) is 1.51. The van der Waals surface area contributed by atoms with Gasteiger partial charge in [-0.05, 0) is 34.7 Å². The number of aromatic hydroxyl groups is 1. The molecule has 0 aliphatic heterocycles. The van der Waals surface area contributed by atoms with Crippen LogP contribution in [0.4, 0.5) is 5.69 Å². The maximum Gasteiger partial charge on any atom is 0.325 e. The summed E-state index contributed by atoms with van der Waals surface area (Å²) in [6, 6.07) is 2.61. The fraction of sp³-hybridized carbons (Fsp3) is 0. The number of benzene rings is 1. The largest absolute Gasteiger partial charge is 0.502 e. The lowest BCUT2D eigenvalue weighted by Crippen LogP contribution is -1.92.